The first-order valence-corrected chi connectivity index (χ1v) is 7.85. The van der Waals surface area contributed by atoms with E-state index < -0.39 is 0 Å². The van der Waals surface area contributed by atoms with Crippen molar-refractivity contribution in [1.82, 2.24) is 25.3 Å². The zero-order valence-corrected chi connectivity index (χ0v) is 13.5. The highest BCUT2D eigenvalue weighted by molar-refractivity contribution is 5.76. The van der Waals surface area contributed by atoms with Crippen LogP contribution >= 0.6 is 0 Å². The number of aryl methyl sites for hydroxylation is 2. The van der Waals surface area contributed by atoms with Crippen LogP contribution in [0.4, 0.5) is 0 Å². The summed E-state index contributed by atoms with van der Waals surface area (Å²) in [6.45, 7) is 2.43. The van der Waals surface area contributed by atoms with Crippen molar-refractivity contribution in [2.24, 2.45) is 0 Å². The topological polar surface area (TPSA) is 72.7 Å². The Morgan fingerprint density at radius 2 is 1.96 bits per heavy atom. The maximum Gasteiger partial charge on any atom is 0.220 e. The van der Waals surface area contributed by atoms with Crippen LogP contribution in [0.15, 0.2) is 55.0 Å². The minimum absolute atomic E-state index is 0.0108. The number of carbonyl (C=O) groups is 1. The van der Waals surface area contributed by atoms with Crippen molar-refractivity contribution < 1.29 is 4.79 Å². The van der Waals surface area contributed by atoms with E-state index in [4.69, 9.17) is 0 Å². The summed E-state index contributed by atoms with van der Waals surface area (Å²) in [4.78, 5) is 16.0. The van der Waals surface area contributed by atoms with Crippen molar-refractivity contribution in [2.45, 2.75) is 26.3 Å². The fourth-order valence-corrected chi connectivity index (χ4v) is 2.42. The van der Waals surface area contributed by atoms with Crippen LogP contribution in [-0.2, 0) is 17.8 Å². The van der Waals surface area contributed by atoms with Crippen LogP contribution in [0.2, 0.25) is 0 Å². The lowest BCUT2D eigenvalue weighted by Crippen LogP contribution is -2.23. The van der Waals surface area contributed by atoms with Crippen LogP contribution in [0.3, 0.4) is 0 Å². The molecule has 0 atom stereocenters. The molecule has 0 radical (unpaired) electrons. The van der Waals surface area contributed by atoms with Crippen LogP contribution in [-0.4, -0.2) is 25.9 Å². The third-order valence-corrected chi connectivity index (χ3v) is 3.82. The van der Waals surface area contributed by atoms with E-state index in [2.05, 4.69) is 39.7 Å². The van der Waals surface area contributed by atoms with Crippen molar-refractivity contribution >= 4 is 5.91 Å². The number of hydrogen-bond acceptors (Lipinski definition) is 4. The van der Waals surface area contributed by atoms with E-state index in [0.717, 1.165) is 17.8 Å². The van der Waals surface area contributed by atoms with E-state index in [1.54, 1.807) is 23.3 Å². The van der Waals surface area contributed by atoms with Gasteiger partial charge in [0.2, 0.25) is 5.91 Å². The number of pyridine rings is 1. The molecule has 1 aromatic carbocycles. The maximum absolute atomic E-state index is 12.0. The summed E-state index contributed by atoms with van der Waals surface area (Å²) in [5.74, 6) is 0.0108. The van der Waals surface area contributed by atoms with Gasteiger partial charge in [-0.2, -0.15) is 0 Å². The lowest BCUT2D eigenvalue weighted by atomic mass is 10.0. The van der Waals surface area contributed by atoms with E-state index >= 15 is 0 Å². The minimum Gasteiger partial charge on any atom is -0.350 e. The molecule has 3 rings (SSSR count). The molecule has 0 aliphatic heterocycles. The molecule has 6 nitrogen and oxygen atoms in total. The normalized spacial score (nSPS) is 10.5. The molecule has 122 valence electrons. The molecule has 24 heavy (non-hydrogen) atoms. The van der Waals surface area contributed by atoms with Gasteiger partial charge in [0.25, 0.3) is 0 Å². The lowest BCUT2D eigenvalue weighted by Gasteiger charge is -2.05. The Labute approximate surface area is 140 Å². The maximum atomic E-state index is 12.0. The quantitative estimate of drug-likeness (QED) is 0.755. The fourth-order valence-electron chi connectivity index (χ4n) is 2.42. The first kappa shape index (κ1) is 15.9. The molecular formula is C18H19N5O. The summed E-state index contributed by atoms with van der Waals surface area (Å²) in [5, 5.41) is 11.0. The average molecular weight is 321 g/mol. The summed E-state index contributed by atoms with van der Waals surface area (Å²) in [6.07, 6.45) is 6.40. The molecule has 0 spiro atoms. The average Bonchev–Trinajstić information content (AvgIpc) is 3.09. The van der Waals surface area contributed by atoms with E-state index in [-0.39, 0.29) is 5.91 Å². The molecule has 1 amide bonds. The Kier molecular flexibility index (Phi) is 4.96. The highest BCUT2D eigenvalue weighted by atomic mass is 16.1. The monoisotopic (exact) mass is 321 g/mol. The first-order chi connectivity index (χ1) is 11.7. The molecule has 0 saturated heterocycles. The Morgan fingerprint density at radius 3 is 2.75 bits per heavy atom. The second kappa shape index (κ2) is 7.50. The molecule has 2 heterocycles. The smallest absolute Gasteiger partial charge is 0.220 e. The number of carbonyl (C=O) groups excluding carboxylic acids is 1. The second-order valence-electron chi connectivity index (χ2n) is 5.56. The lowest BCUT2D eigenvalue weighted by molar-refractivity contribution is -0.121. The fraction of sp³-hybridized carbons (Fsp3) is 0.222. The number of hydrogen-bond donors (Lipinski definition) is 1. The first-order valence-electron chi connectivity index (χ1n) is 7.85. The third kappa shape index (κ3) is 4.04. The highest BCUT2D eigenvalue weighted by Crippen LogP contribution is 2.09. The van der Waals surface area contributed by atoms with Gasteiger partial charge in [-0.05, 0) is 36.6 Å². The SMILES string of the molecule is Cc1ccccc1CCC(=O)NCc1cn(-c2ccncc2)nn1. The number of nitrogens with zero attached hydrogens (tertiary/aromatic N) is 4. The van der Waals surface area contributed by atoms with E-state index in [1.165, 1.54) is 11.1 Å². The molecule has 0 saturated carbocycles. The molecule has 0 unspecified atom stereocenters. The molecule has 0 aliphatic rings. The zero-order chi connectivity index (χ0) is 16.8. The van der Waals surface area contributed by atoms with Crippen molar-refractivity contribution in [1.29, 1.82) is 0 Å². The van der Waals surface area contributed by atoms with Crippen LogP contribution in [0.1, 0.15) is 23.2 Å². The Bertz CT molecular complexity index is 813. The summed E-state index contributed by atoms with van der Waals surface area (Å²) in [6, 6.07) is 11.8. The van der Waals surface area contributed by atoms with Crippen molar-refractivity contribution in [3.63, 3.8) is 0 Å². The van der Waals surface area contributed by atoms with Gasteiger partial charge in [0.15, 0.2) is 0 Å². The van der Waals surface area contributed by atoms with Gasteiger partial charge in [-0.1, -0.05) is 29.5 Å². The summed E-state index contributed by atoms with van der Waals surface area (Å²) in [5.41, 5.74) is 4.02. The van der Waals surface area contributed by atoms with E-state index in [1.807, 2.05) is 24.3 Å². The standard InChI is InChI=1S/C18H19N5O/c1-14-4-2-3-5-15(14)6-7-18(24)20-12-16-13-23(22-21-16)17-8-10-19-11-9-17/h2-5,8-11,13H,6-7,12H2,1H3,(H,20,24). The molecule has 6 heteroatoms. The number of aromatic nitrogens is 4. The largest absolute Gasteiger partial charge is 0.350 e. The van der Waals surface area contributed by atoms with Gasteiger partial charge in [-0.15, -0.1) is 5.10 Å². The minimum atomic E-state index is 0.0108. The van der Waals surface area contributed by atoms with Gasteiger partial charge in [-0.3, -0.25) is 9.78 Å². The Balaban J connectivity index is 1.50. The van der Waals surface area contributed by atoms with Crippen molar-refractivity contribution in [3.05, 3.63) is 71.8 Å². The Morgan fingerprint density at radius 1 is 1.17 bits per heavy atom. The van der Waals surface area contributed by atoms with Crippen LogP contribution in [0.5, 0.6) is 0 Å². The molecular weight excluding hydrogens is 302 g/mol. The predicted molar refractivity (Wildman–Crippen MR) is 90.5 cm³/mol. The number of amides is 1. The van der Waals surface area contributed by atoms with Gasteiger partial charge in [0.05, 0.1) is 18.4 Å². The van der Waals surface area contributed by atoms with E-state index in [9.17, 15) is 4.79 Å². The number of benzene rings is 1. The van der Waals surface area contributed by atoms with E-state index in [0.29, 0.717) is 13.0 Å². The van der Waals surface area contributed by atoms with Crippen molar-refractivity contribution in [2.75, 3.05) is 0 Å². The molecule has 0 aliphatic carbocycles. The summed E-state index contributed by atoms with van der Waals surface area (Å²) in [7, 11) is 0. The van der Waals surface area contributed by atoms with Crippen molar-refractivity contribution in [3.8, 4) is 5.69 Å². The molecule has 2 aromatic heterocycles. The summed E-state index contributed by atoms with van der Waals surface area (Å²) < 4.78 is 1.66. The number of nitrogens with one attached hydrogen (secondary N) is 1. The van der Waals surface area contributed by atoms with Crippen LogP contribution in [0, 0.1) is 6.92 Å². The van der Waals surface area contributed by atoms with Gasteiger partial charge >= 0.3 is 0 Å². The molecule has 0 bridgehead atoms. The molecule has 3 aromatic rings. The predicted octanol–water partition coefficient (Wildman–Crippen LogP) is 2.22. The summed E-state index contributed by atoms with van der Waals surface area (Å²) >= 11 is 0. The van der Waals surface area contributed by atoms with Gasteiger partial charge < -0.3 is 5.32 Å². The zero-order valence-electron chi connectivity index (χ0n) is 13.5. The van der Waals surface area contributed by atoms with Gasteiger partial charge in [-0.25, -0.2) is 4.68 Å². The molecule has 0 fully saturated rings. The van der Waals surface area contributed by atoms with Gasteiger partial charge in [0, 0.05) is 18.8 Å². The van der Waals surface area contributed by atoms with Crippen LogP contribution < -0.4 is 5.32 Å². The second-order valence-corrected chi connectivity index (χ2v) is 5.56. The number of rotatable bonds is 6. The van der Waals surface area contributed by atoms with Crippen LogP contribution in [0.25, 0.3) is 5.69 Å². The third-order valence-electron chi connectivity index (χ3n) is 3.82. The highest BCUT2D eigenvalue weighted by Gasteiger charge is 2.07. The Hall–Kier alpha value is -3.02. The van der Waals surface area contributed by atoms with Gasteiger partial charge in [0.1, 0.15) is 5.69 Å². The molecule has 1 N–H and O–H groups in total.